The molecule has 1 atom stereocenters. The summed E-state index contributed by atoms with van der Waals surface area (Å²) in [5, 5.41) is 22.1. The van der Waals surface area contributed by atoms with Crippen LogP contribution >= 0.6 is 0 Å². The Balaban J connectivity index is 2.47. The normalized spacial score (nSPS) is 12.9. The van der Waals surface area contributed by atoms with Crippen molar-refractivity contribution in [2.75, 3.05) is 32.8 Å². The van der Waals surface area contributed by atoms with E-state index in [2.05, 4.69) is 24.1 Å². The Bertz CT molecular complexity index is 340. The number of hydrogen-bond donors (Lipinski definition) is 3. The number of phenolic OH excluding ortho intramolecular Hbond substituents is 1. The molecule has 0 radical (unpaired) electrons. The number of hydrogen-bond acceptors (Lipinski definition) is 4. The van der Waals surface area contributed by atoms with Gasteiger partial charge in [-0.2, -0.15) is 0 Å². The molecule has 0 aromatic heterocycles. The smallest absolute Gasteiger partial charge is 0.115 e. The summed E-state index contributed by atoms with van der Waals surface area (Å²) >= 11 is 0. The Morgan fingerprint density at radius 1 is 1.28 bits per heavy atom. The molecule has 0 aliphatic carbocycles. The van der Waals surface area contributed by atoms with Crippen molar-refractivity contribution < 1.29 is 10.2 Å². The van der Waals surface area contributed by atoms with E-state index in [4.69, 9.17) is 0 Å². The lowest BCUT2D eigenvalue weighted by Gasteiger charge is -2.21. The molecule has 0 fully saturated rings. The van der Waals surface area contributed by atoms with Gasteiger partial charge in [0.15, 0.2) is 0 Å². The number of nitrogens with one attached hydrogen (secondary N) is 1. The van der Waals surface area contributed by atoms with Gasteiger partial charge in [0.1, 0.15) is 5.75 Å². The third kappa shape index (κ3) is 4.64. The van der Waals surface area contributed by atoms with Gasteiger partial charge in [-0.3, -0.25) is 0 Å². The van der Waals surface area contributed by atoms with Gasteiger partial charge in [0.25, 0.3) is 0 Å². The van der Waals surface area contributed by atoms with Gasteiger partial charge < -0.3 is 20.4 Å². The highest BCUT2D eigenvalue weighted by Gasteiger charge is 2.10. The first-order chi connectivity index (χ1) is 8.71. The van der Waals surface area contributed by atoms with Crippen molar-refractivity contribution in [2.24, 2.45) is 0 Å². The van der Waals surface area contributed by atoms with Crippen molar-refractivity contribution in [3.05, 3.63) is 29.8 Å². The fourth-order valence-electron chi connectivity index (χ4n) is 1.97. The molecule has 1 aromatic carbocycles. The van der Waals surface area contributed by atoms with E-state index >= 15 is 0 Å². The monoisotopic (exact) mass is 252 g/mol. The summed E-state index contributed by atoms with van der Waals surface area (Å²) in [6.07, 6.45) is 0. The molecular formula is C14H24N2O2. The number of aliphatic hydroxyl groups is 1. The molecule has 0 bridgehead atoms. The van der Waals surface area contributed by atoms with Crippen LogP contribution in [-0.2, 0) is 0 Å². The molecule has 0 amide bonds. The highest BCUT2D eigenvalue weighted by Crippen LogP contribution is 2.17. The van der Waals surface area contributed by atoms with Crippen molar-refractivity contribution in [3.63, 3.8) is 0 Å². The number of rotatable bonds is 8. The van der Waals surface area contributed by atoms with Crippen LogP contribution in [-0.4, -0.2) is 47.9 Å². The fourth-order valence-corrected chi connectivity index (χ4v) is 1.97. The molecule has 18 heavy (non-hydrogen) atoms. The van der Waals surface area contributed by atoms with Gasteiger partial charge in [-0.1, -0.05) is 26.0 Å². The lowest BCUT2D eigenvalue weighted by molar-refractivity contribution is 0.233. The fraction of sp³-hybridized carbons (Fsp3) is 0.571. The maximum atomic E-state index is 9.43. The Morgan fingerprint density at radius 2 is 2.00 bits per heavy atom. The van der Waals surface area contributed by atoms with E-state index in [0.717, 1.165) is 31.7 Å². The third-order valence-corrected chi connectivity index (χ3v) is 3.17. The van der Waals surface area contributed by atoms with E-state index in [0.29, 0.717) is 0 Å². The topological polar surface area (TPSA) is 55.7 Å². The number of benzene rings is 1. The van der Waals surface area contributed by atoms with Crippen molar-refractivity contribution in [2.45, 2.75) is 19.9 Å². The summed E-state index contributed by atoms with van der Waals surface area (Å²) in [7, 11) is 0. The zero-order chi connectivity index (χ0) is 13.4. The molecule has 4 nitrogen and oxygen atoms in total. The predicted molar refractivity (Wildman–Crippen MR) is 73.7 cm³/mol. The van der Waals surface area contributed by atoms with Crippen molar-refractivity contribution in [1.82, 2.24) is 10.2 Å². The molecule has 0 spiro atoms. The minimum atomic E-state index is -0.118. The standard InChI is InChI=1S/C14H24N2O2/c1-3-16(4-2)9-8-15-14(11-17)12-6-5-7-13(18)10-12/h5-7,10,14-15,17-18H,3-4,8-9,11H2,1-2H3. The second kappa shape index (κ2) is 8.08. The molecule has 0 heterocycles. The molecule has 1 unspecified atom stereocenters. The molecule has 0 saturated carbocycles. The first kappa shape index (κ1) is 15.0. The summed E-state index contributed by atoms with van der Waals surface area (Å²) in [4.78, 5) is 2.32. The highest BCUT2D eigenvalue weighted by atomic mass is 16.3. The minimum Gasteiger partial charge on any atom is -0.508 e. The van der Waals surface area contributed by atoms with E-state index in [-0.39, 0.29) is 18.4 Å². The molecule has 4 heteroatoms. The molecule has 0 aliphatic rings. The van der Waals surface area contributed by atoms with Gasteiger partial charge in [0.2, 0.25) is 0 Å². The van der Waals surface area contributed by atoms with Crippen LogP contribution in [0.2, 0.25) is 0 Å². The van der Waals surface area contributed by atoms with Crippen LogP contribution in [0, 0.1) is 0 Å². The van der Waals surface area contributed by atoms with Crippen LogP contribution in [0.5, 0.6) is 5.75 Å². The zero-order valence-electron chi connectivity index (χ0n) is 11.3. The molecule has 3 N–H and O–H groups in total. The quantitative estimate of drug-likeness (QED) is 0.654. The second-order valence-corrected chi connectivity index (χ2v) is 4.31. The molecule has 1 aromatic rings. The molecule has 102 valence electrons. The average molecular weight is 252 g/mol. The average Bonchev–Trinajstić information content (AvgIpc) is 2.39. The van der Waals surface area contributed by atoms with E-state index in [1.807, 2.05) is 6.07 Å². The lowest BCUT2D eigenvalue weighted by atomic mass is 10.1. The predicted octanol–water partition coefficient (Wildman–Crippen LogP) is 1.36. The van der Waals surface area contributed by atoms with Gasteiger partial charge in [-0.25, -0.2) is 0 Å². The van der Waals surface area contributed by atoms with E-state index in [1.165, 1.54) is 0 Å². The van der Waals surface area contributed by atoms with Crippen molar-refractivity contribution in [3.8, 4) is 5.75 Å². The number of aromatic hydroxyl groups is 1. The molecule has 1 rings (SSSR count). The molecular weight excluding hydrogens is 228 g/mol. The van der Waals surface area contributed by atoms with Crippen LogP contribution in [0.1, 0.15) is 25.5 Å². The second-order valence-electron chi connectivity index (χ2n) is 4.31. The summed E-state index contributed by atoms with van der Waals surface area (Å²) < 4.78 is 0. The highest BCUT2D eigenvalue weighted by molar-refractivity contribution is 5.29. The van der Waals surface area contributed by atoms with Crippen LogP contribution < -0.4 is 5.32 Å². The Hall–Kier alpha value is -1.10. The summed E-state index contributed by atoms with van der Waals surface area (Å²) in [5.41, 5.74) is 0.914. The van der Waals surface area contributed by atoms with Crippen LogP contribution in [0.15, 0.2) is 24.3 Å². The third-order valence-electron chi connectivity index (χ3n) is 3.17. The number of likely N-dealkylation sites (N-methyl/N-ethyl adjacent to an activating group) is 1. The van der Waals surface area contributed by atoms with Gasteiger partial charge in [0, 0.05) is 13.1 Å². The van der Waals surface area contributed by atoms with Gasteiger partial charge in [-0.05, 0) is 30.8 Å². The maximum absolute atomic E-state index is 9.43. The van der Waals surface area contributed by atoms with Gasteiger partial charge in [-0.15, -0.1) is 0 Å². The lowest BCUT2D eigenvalue weighted by Crippen LogP contribution is -2.34. The van der Waals surface area contributed by atoms with Crippen LogP contribution in [0.4, 0.5) is 0 Å². The van der Waals surface area contributed by atoms with Crippen LogP contribution in [0.3, 0.4) is 0 Å². The number of aliphatic hydroxyl groups excluding tert-OH is 1. The number of phenols is 1. The van der Waals surface area contributed by atoms with Gasteiger partial charge >= 0.3 is 0 Å². The Labute approximate surface area is 109 Å². The Kier molecular flexibility index (Phi) is 6.72. The summed E-state index contributed by atoms with van der Waals surface area (Å²) in [6.45, 7) is 8.17. The van der Waals surface area contributed by atoms with E-state index in [1.54, 1.807) is 18.2 Å². The first-order valence-corrected chi connectivity index (χ1v) is 6.56. The maximum Gasteiger partial charge on any atom is 0.115 e. The zero-order valence-corrected chi connectivity index (χ0v) is 11.3. The van der Waals surface area contributed by atoms with Crippen molar-refractivity contribution in [1.29, 1.82) is 0 Å². The molecule has 0 saturated heterocycles. The minimum absolute atomic E-state index is 0.0295. The number of nitrogens with zero attached hydrogens (tertiary/aromatic N) is 1. The first-order valence-electron chi connectivity index (χ1n) is 6.56. The van der Waals surface area contributed by atoms with Crippen molar-refractivity contribution >= 4 is 0 Å². The SMILES string of the molecule is CCN(CC)CCNC(CO)c1cccc(O)c1. The van der Waals surface area contributed by atoms with Crippen LogP contribution in [0.25, 0.3) is 0 Å². The molecule has 0 aliphatic heterocycles. The van der Waals surface area contributed by atoms with E-state index in [9.17, 15) is 10.2 Å². The van der Waals surface area contributed by atoms with E-state index < -0.39 is 0 Å². The summed E-state index contributed by atoms with van der Waals surface area (Å²) in [5.74, 6) is 0.233. The van der Waals surface area contributed by atoms with Gasteiger partial charge in [0.05, 0.1) is 12.6 Å². The summed E-state index contributed by atoms with van der Waals surface area (Å²) in [6, 6.07) is 6.90. The Morgan fingerprint density at radius 3 is 2.56 bits per heavy atom. The largest absolute Gasteiger partial charge is 0.508 e.